The van der Waals surface area contributed by atoms with E-state index >= 15 is 0 Å². The predicted octanol–water partition coefficient (Wildman–Crippen LogP) is 2.94. The third-order valence-electron chi connectivity index (χ3n) is 2.62. The van der Waals surface area contributed by atoms with Gasteiger partial charge in [0.05, 0.1) is 5.57 Å². The number of amides is 1. The monoisotopic (exact) mass is 242 g/mol. The maximum atomic E-state index is 11.8. The van der Waals surface area contributed by atoms with Crippen molar-refractivity contribution in [3.63, 3.8) is 0 Å². The lowest BCUT2D eigenvalue weighted by Gasteiger charge is -1.95. The van der Waals surface area contributed by atoms with Gasteiger partial charge in [-0.25, -0.2) is 4.98 Å². The lowest BCUT2D eigenvalue weighted by Crippen LogP contribution is -2.03. The molecule has 2 heterocycles. The molecule has 17 heavy (non-hydrogen) atoms. The van der Waals surface area contributed by atoms with Crippen LogP contribution in [0.5, 0.6) is 0 Å². The highest BCUT2D eigenvalue weighted by atomic mass is 32.1. The van der Waals surface area contributed by atoms with E-state index < -0.39 is 0 Å². The molecule has 0 radical (unpaired) electrons. The Labute approximate surface area is 103 Å². The van der Waals surface area contributed by atoms with E-state index in [0.717, 1.165) is 21.1 Å². The van der Waals surface area contributed by atoms with Crippen LogP contribution in [0.2, 0.25) is 0 Å². The molecule has 84 valence electrons. The van der Waals surface area contributed by atoms with Crippen molar-refractivity contribution in [1.82, 2.24) is 4.98 Å². The number of nitrogens with zero attached hydrogens (tertiary/aromatic N) is 1. The molecule has 3 rings (SSSR count). The van der Waals surface area contributed by atoms with E-state index in [1.807, 2.05) is 43.5 Å². The Bertz CT molecular complexity index is 628. The number of fused-ring (bicyclic) bond motifs is 1. The van der Waals surface area contributed by atoms with Crippen LogP contribution in [0, 0.1) is 6.92 Å². The Morgan fingerprint density at radius 3 is 2.94 bits per heavy atom. The molecule has 3 nitrogen and oxygen atoms in total. The van der Waals surface area contributed by atoms with Gasteiger partial charge in [0, 0.05) is 22.3 Å². The summed E-state index contributed by atoms with van der Waals surface area (Å²) in [5, 5.41) is 3.71. The molecule has 1 amide bonds. The highest BCUT2D eigenvalue weighted by Gasteiger charge is 2.23. The topological polar surface area (TPSA) is 42.0 Å². The maximum Gasteiger partial charge on any atom is 0.256 e. The summed E-state index contributed by atoms with van der Waals surface area (Å²) in [7, 11) is 0. The standard InChI is InChI=1S/C13H10N2OS/c1-8-7-14-12(17-8)6-10-9-4-2-3-5-11(9)15-13(10)16/h2-7H,1H3,(H,15,16). The first-order chi connectivity index (χ1) is 8.24. The minimum atomic E-state index is -0.0564. The molecule has 0 fully saturated rings. The first kappa shape index (κ1) is 10.2. The fourth-order valence-corrected chi connectivity index (χ4v) is 2.56. The zero-order chi connectivity index (χ0) is 11.8. The molecule has 0 atom stereocenters. The third kappa shape index (κ3) is 1.76. The molecule has 1 aromatic carbocycles. The van der Waals surface area contributed by atoms with Crippen LogP contribution < -0.4 is 5.32 Å². The van der Waals surface area contributed by atoms with E-state index in [-0.39, 0.29) is 5.91 Å². The summed E-state index contributed by atoms with van der Waals surface area (Å²) in [5.41, 5.74) is 2.51. The van der Waals surface area contributed by atoms with Gasteiger partial charge in [-0.3, -0.25) is 4.79 Å². The Morgan fingerprint density at radius 2 is 2.18 bits per heavy atom. The maximum absolute atomic E-state index is 11.8. The molecule has 1 aromatic heterocycles. The van der Waals surface area contributed by atoms with Crippen LogP contribution in [0.15, 0.2) is 30.5 Å². The average Bonchev–Trinajstić information content (AvgIpc) is 2.85. The number of aryl methyl sites for hydroxylation is 1. The van der Waals surface area contributed by atoms with Gasteiger partial charge in [0.15, 0.2) is 0 Å². The van der Waals surface area contributed by atoms with Gasteiger partial charge in [-0.2, -0.15) is 0 Å². The zero-order valence-corrected chi connectivity index (χ0v) is 10.0. The Morgan fingerprint density at radius 1 is 1.35 bits per heavy atom. The molecule has 0 spiro atoms. The highest BCUT2D eigenvalue weighted by Crippen LogP contribution is 2.33. The number of benzene rings is 1. The lowest BCUT2D eigenvalue weighted by atomic mass is 10.1. The Balaban J connectivity index is 2.09. The second-order valence-electron chi connectivity index (χ2n) is 3.87. The number of anilines is 1. The fraction of sp³-hybridized carbons (Fsp3) is 0.0769. The van der Waals surface area contributed by atoms with Crippen molar-refractivity contribution in [3.05, 3.63) is 45.9 Å². The van der Waals surface area contributed by atoms with Gasteiger partial charge in [0.25, 0.3) is 5.91 Å². The van der Waals surface area contributed by atoms with E-state index in [0.29, 0.717) is 5.57 Å². The van der Waals surface area contributed by atoms with Crippen molar-refractivity contribution in [1.29, 1.82) is 0 Å². The van der Waals surface area contributed by atoms with Crippen molar-refractivity contribution in [2.24, 2.45) is 0 Å². The first-order valence-corrected chi connectivity index (χ1v) is 6.10. The Kier molecular flexibility index (Phi) is 2.30. The Hall–Kier alpha value is -1.94. The molecule has 1 N–H and O–H groups in total. The summed E-state index contributed by atoms with van der Waals surface area (Å²) in [6.45, 7) is 2.00. The van der Waals surface area contributed by atoms with Gasteiger partial charge in [-0.15, -0.1) is 11.3 Å². The molecular weight excluding hydrogens is 232 g/mol. The number of carbonyl (C=O) groups excluding carboxylic acids is 1. The first-order valence-electron chi connectivity index (χ1n) is 5.29. The number of carbonyl (C=O) groups is 1. The van der Waals surface area contributed by atoms with Crippen LogP contribution >= 0.6 is 11.3 Å². The zero-order valence-electron chi connectivity index (χ0n) is 9.23. The van der Waals surface area contributed by atoms with Gasteiger partial charge in [-0.1, -0.05) is 18.2 Å². The van der Waals surface area contributed by atoms with Crippen LogP contribution in [0.25, 0.3) is 11.6 Å². The summed E-state index contributed by atoms with van der Waals surface area (Å²) in [6.07, 6.45) is 3.66. The van der Waals surface area contributed by atoms with Gasteiger partial charge < -0.3 is 5.32 Å². The van der Waals surface area contributed by atoms with Crippen LogP contribution in [-0.4, -0.2) is 10.9 Å². The summed E-state index contributed by atoms with van der Waals surface area (Å²) in [4.78, 5) is 17.2. The van der Waals surface area contributed by atoms with Gasteiger partial charge in [0.1, 0.15) is 5.01 Å². The smallest absolute Gasteiger partial charge is 0.256 e. The van der Waals surface area contributed by atoms with E-state index in [1.165, 1.54) is 0 Å². The van der Waals surface area contributed by atoms with Crippen LogP contribution in [0.4, 0.5) is 5.69 Å². The molecule has 0 aliphatic carbocycles. The number of aromatic nitrogens is 1. The van der Waals surface area contributed by atoms with Crippen LogP contribution in [0.1, 0.15) is 15.4 Å². The molecule has 0 unspecified atom stereocenters. The molecular formula is C13H10N2OS. The summed E-state index contributed by atoms with van der Waals surface area (Å²) < 4.78 is 0. The largest absolute Gasteiger partial charge is 0.321 e. The van der Waals surface area contributed by atoms with E-state index in [9.17, 15) is 4.79 Å². The van der Waals surface area contributed by atoms with E-state index in [4.69, 9.17) is 0 Å². The summed E-state index contributed by atoms with van der Waals surface area (Å²) in [5.74, 6) is -0.0564. The fourth-order valence-electron chi connectivity index (χ4n) is 1.84. The number of hydrogen-bond acceptors (Lipinski definition) is 3. The van der Waals surface area contributed by atoms with E-state index in [2.05, 4.69) is 10.3 Å². The second kappa shape index (κ2) is 3.82. The highest BCUT2D eigenvalue weighted by molar-refractivity contribution is 7.12. The molecule has 0 saturated heterocycles. The number of thiazole rings is 1. The van der Waals surface area contributed by atoms with E-state index in [1.54, 1.807) is 11.3 Å². The van der Waals surface area contributed by atoms with Crippen molar-refractivity contribution < 1.29 is 4.79 Å². The van der Waals surface area contributed by atoms with Gasteiger partial charge in [0.2, 0.25) is 0 Å². The minimum Gasteiger partial charge on any atom is -0.321 e. The van der Waals surface area contributed by atoms with Crippen molar-refractivity contribution in [2.45, 2.75) is 6.92 Å². The molecule has 1 aliphatic heterocycles. The van der Waals surface area contributed by atoms with Crippen LogP contribution in [0.3, 0.4) is 0 Å². The van der Waals surface area contributed by atoms with Crippen molar-refractivity contribution in [3.8, 4) is 0 Å². The number of hydrogen-bond donors (Lipinski definition) is 1. The predicted molar refractivity (Wildman–Crippen MR) is 69.8 cm³/mol. The number of nitrogens with one attached hydrogen (secondary N) is 1. The molecule has 2 aromatic rings. The molecule has 0 saturated carbocycles. The molecule has 1 aliphatic rings. The average molecular weight is 242 g/mol. The normalized spacial score (nSPS) is 16.1. The van der Waals surface area contributed by atoms with Crippen molar-refractivity contribution in [2.75, 3.05) is 5.32 Å². The molecule has 4 heteroatoms. The van der Waals surface area contributed by atoms with Crippen LogP contribution in [-0.2, 0) is 4.79 Å². The number of rotatable bonds is 1. The van der Waals surface area contributed by atoms with Gasteiger partial charge >= 0.3 is 0 Å². The van der Waals surface area contributed by atoms with Gasteiger partial charge in [-0.05, 0) is 19.1 Å². The lowest BCUT2D eigenvalue weighted by molar-refractivity contribution is -0.110. The number of para-hydroxylation sites is 1. The molecule has 0 bridgehead atoms. The van der Waals surface area contributed by atoms with Crippen molar-refractivity contribution >= 4 is 34.6 Å². The quantitative estimate of drug-likeness (QED) is 0.781. The SMILES string of the molecule is Cc1cnc(C=C2C(=O)Nc3ccccc32)s1. The summed E-state index contributed by atoms with van der Waals surface area (Å²) in [6, 6.07) is 7.69. The third-order valence-corrected chi connectivity index (χ3v) is 3.48. The summed E-state index contributed by atoms with van der Waals surface area (Å²) >= 11 is 1.58. The second-order valence-corrected chi connectivity index (χ2v) is 5.13. The minimum absolute atomic E-state index is 0.0564.